The van der Waals surface area contributed by atoms with E-state index in [1.807, 2.05) is 0 Å². The van der Waals surface area contributed by atoms with Gasteiger partial charge in [-0.15, -0.1) is 12.4 Å². The van der Waals surface area contributed by atoms with Gasteiger partial charge in [0.25, 0.3) is 0 Å². The van der Waals surface area contributed by atoms with Crippen LogP contribution < -0.4 is 5.32 Å². The zero-order chi connectivity index (χ0) is 13.8. The lowest BCUT2D eigenvalue weighted by molar-refractivity contribution is -0.130. The van der Waals surface area contributed by atoms with Crippen molar-refractivity contribution in [1.29, 1.82) is 0 Å². The monoisotopic (exact) mass is 320 g/mol. The average Bonchev–Trinajstić information content (AvgIpc) is 2.86. The van der Waals surface area contributed by atoms with Crippen LogP contribution in [0.5, 0.6) is 0 Å². The number of benzene rings is 1. The zero-order valence-electron chi connectivity index (χ0n) is 11.4. The molecular weight excluding hydrogens is 302 g/mol. The summed E-state index contributed by atoms with van der Waals surface area (Å²) >= 11 is 5.96. The van der Waals surface area contributed by atoms with Crippen molar-refractivity contribution in [3.63, 3.8) is 0 Å². The van der Waals surface area contributed by atoms with E-state index in [1.54, 1.807) is 19.2 Å². The lowest BCUT2D eigenvalue weighted by Crippen LogP contribution is -2.33. The first-order chi connectivity index (χ1) is 9.08. The minimum Gasteiger partial charge on any atom is -0.341 e. The summed E-state index contributed by atoms with van der Waals surface area (Å²) in [6, 6.07) is 4.81. The lowest BCUT2D eigenvalue weighted by Gasteiger charge is -2.20. The topological polar surface area (TPSA) is 32.3 Å². The number of carbonyl (C=O) groups is 1. The third kappa shape index (κ3) is 4.33. The molecule has 0 spiro atoms. The van der Waals surface area contributed by atoms with Crippen molar-refractivity contribution < 1.29 is 9.18 Å². The quantitative estimate of drug-likeness (QED) is 0.925. The highest BCUT2D eigenvalue weighted by atomic mass is 35.5. The van der Waals surface area contributed by atoms with Crippen LogP contribution in [0.3, 0.4) is 0 Å². The molecule has 1 fully saturated rings. The van der Waals surface area contributed by atoms with E-state index in [2.05, 4.69) is 5.32 Å². The maximum Gasteiger partial charge on any atom is 0.224 e. The van der Waals surface area contributed by atoms with Gasteiger partial charge in [-0.1, -0.05) is 17.7 Å². The third-order valence-electron chi connectivity index (χ3n) is 3.47. The molecule has 20 heavy (non-hydrogen) atoms. The second kappa shape index (κ2) is 7.81. The van der Waals surface area contributed by atoms with Gasteiger partial charge in [-0.2, -0.15) is 0 Å². The Morgan fingerprint density at radius 3 is 2.90 bits per heavy atom. The van der Waals surface area contributed by atoms with Gasteiger partial charge < -0.3 is 10.2 Å². The molecule has 1 saturated heterocycles. The maximum absolute atomic E-state index is 13.6. The van der Waals surface area contributed by atoms with E-state index in [4.69, 9.17) is 11.6 Å². The third-order valence-corrected chi connectivity index (χ3v) is 3.82. The number of hydrogen-bond acceptors (Lipinski definition) is 2. The molecule has 0 aromatic heterocycles. The number of nitrogens with zero attached hydrogens (tertiary/aromatic N) is 1. The van der Waals surface area contributed by atoms with Crippen molar-refractivity contribution in [2.45, 2.75) is 31.8 Å². The fraction of sp³-hybridized carbons (Fsp3) is 0.500. The van der Waals surface area contributed by atoms with Gasteiger partial charge in [0.15, 0.2) is 0 Å². The van der Waals surface area contributed by atoms with Crippen molar-refractivity contribution in [3.8, 4) is 0 Å². The van der Waals surface area contributed by atoms with E-state index >= 15 is 0 Å². The number of carbonyl (C=O) groups excluding carboxylic acids is 1. The van der Waals surface area contributed by atoms with Gasteiger partial charge in [-0.05, 0) is 31.5 Å². The number of nitrogens with one attached hydrogen (secondary N) is 1. The van der Waals surface area contributed by atoms with E-state index in [1.165, 1.54) is 11.0 Å². The molecule has 0 saturated carbocycles. The van der Waals surface area contributed by atoms with Crippen LogP contribution >= 0.6 is 24.0 Å². The summed E-state index contributed by atoms with van der Waals surface area (Å²) in [4.78, 5) is 13.6. The largest absolute Gasteiger partial charge is 0.341 e. The summed E-state index contributed by atoms with van der Waals surface area (Å²) in [5.41, 5.74) is 0.374. The Labute approximate surface area is 129 Å². The summed E-state index contributed by atoms with van der Waals surface area (Å²) in [6.45, 7) is 1.18. The molecule has 1 N–H and O–H groups in total. The molecule has 3 nitrogen and oxygen atoms in total. The second-order valence-corrected chi connectivity index (χ2v) is 5.35. The molecule has 1 atom stereocenters. The summed E-state index contributed by atoms with van der Waals surface area (Å²) in [5.74, 6) is -0.357. The van der Waals surface area contributed by atoms with E-state index < -0.39 is 0 Å². The van der Waals surface area contributed by atoms with Crippen LogP contribution in [0.15, 0.2) is 18.2 Å². The summed E-state index contributed by atoms with van der Waals surface area (Å²) < 4.78 is 13.6. The summed E-state index contributed by atoms with van der Waals surface area (Å²) in [6.07, 6.45) is 2.60. The molecule has 2 rings (SSSR count). The highest BCUT2D eigenvalue weighted by Crippen LogP contribution is 2.21. The van der Waals surface area contributed by atoms with E-state index in [0.717, 1.165) is 19.4 Å². The number of rotatable bonds is 4. The van der Waals surface area contributed by atoms with Crippen LogP contribution in [-0.4, -0.2) is 30.4 Å². The number of amides is 1. The highest BCUT2D eigenvalue weighted by molar-refractivity contribution is 6.31. The van der Waals surface area contributed by atoms with Crippen LogP contribution in [0.4, 0.5) is 4.39 Å². The second-order valence-electron chi connectivity index (χ2n) is 4.95. The summed E-state index contributed by atoms with van der Waals surface area (Å²) in [5, 5.41) is 3.64. The van der Waals surface area contributed by atoms with Crippen molar-refractivity contribution in [3.05, 3.63) is 34.6 Å². The SMILES string of the molecule is CN(Cc1c(F)cccc1Cl)C(=O)CC1CCCN1.Cl. The molecular formula is C14H19Cl2FN2O. The van der Waals surface area contributed by atoms with Crippen LogP contribution in [0.2, 0.25) is 5.02 Å². The molecule has 0 aliphatic carbocycles. The fourth-order valence-electron chi connectivity index (χ4n) is 2.31. The summed E-state index contributed by atoms with van der Waals surface area (Å²) in [7, 11) is 1.68. The molecule has 1 aromatic carbocycles. The molecule has 1 aromatic rings. The molecule has 0 bridgehead atoms. The molecule has 1 aliphatic heterocycles. The van der Waals surface area contributed by atoms with E-state index in [0.29, 0.717) is 17.0 Å². The zero-order valence-corrected chi connectivity index (χ0v) is 12.9. The number of halogens is 3. The average molecular weight is 321 g/mol. The minimum atomic E-state index is -0.369. The molecule has 6 heteroatoms. The maximum atomic E-state index is 13.6. The van der Waals surface area contributed by atoms with Gasteiger partial charge in [0, 0.05) is 36.6 Å². The lowest BCUT2D eigenvalue weighted by atomic mass is 10.1. The molecule has 0 radical (unpaired) electrons. The molecule has 112 valence electrons. The fourth-order valence-corrected chi connectivity index (χ4v) is 2.53. The van der Waals surface area contributed by atoms with Gasteiger partial charge in [0.2, 0.25) is 5.91 Å². The molecule has 1 heterocycles. The Hall–Kier alpha value is -0.840. The molecule has 1 aliphatic rings. The smallest absolute Gasteiger partial charge is 0.224 e. The van der Waals surface area contributed by atoms with Crippen molar-refractivity contribution in [2.24, 2.45) is 0 Å². The van der Waals surface area contributed by atoms with E-state index in [-0.39, 0.29) is 36.7 Å². The molecule has 1 amide bonds. The standard InChI is InChI=1S/C14H18ClFN2O.ClH/c1-18(14(19)8-10-4-3-7-17-10)9-11-12(15)5-2-6-13(11)16;/h2,5-6,10,17H,3-4,7-9H2,1H3;1H. The Balaban J connectivity index is 0.00000200. The Morgan fingerprint density at radius 1 is 1.55 bits per heavy atom. The normalized spacial score (nSPS) is 17.6. The van der Waals surface area contributed by atoms with Crippen LogP contribution in [0.25, 0.3) is 0 Å². The first-order valence-corrected chi connectivity index (χ1v) is 6.86. The highest BCUT2D eigenvalue weighted by Gasteiger charge is 2.21. The van der Waals surface area contributed by atoms with Crippen LogP contribution in [0.1, 0.15) is 24.8 Å². The Morgan fingerprint density at radius 2 is 2.30 bits per heavy atom. The van der Waals surface area contributed by atoms with Gasteiger partial charge >= 0.3 is 0 Å². The first kappa shape index (κ1) is 17.2. The van der Waals surface area contributed by atoms with Crippen LogP contribution in [0, 0.1) is 5.82 Å². The predicted octanol–water partition coefficient (Wildman–Crippen LogP) is 3.00. The first-order valence-electron chi connectivity index (χ1n) is 6.48. The van der Waals surface area contributed by atoms with E-state index in [9.17, 15) is 9.18 Å². The van der Waals surface area contributed by atoms with Gasteiger partial charge in [-0.25, -0.2) is 4.39 Å². The molecule has 1 unspecified atom stereocenters. The minimum absolute atomic E-state index is 0. The van der Waals surface area contributed by atoms with Crippen molar-refractivity contribution >= 4 is 29.9 Å². The van der Waals surface area contributed by atoms with Gasteiger partial charge in [-0.3, -0.25) is 4.79 Å². The van der Waals surface area contributed by atoms with Crippen LogP contribution in [-0.2, 0) is 11.3 Å². The predicted molar refractivity (Wildman–Crippen MR) is 80.8 cm³/mol. The van der Waals surface area contributed by atoms with Crippen molar-refractivity contribution in [1.82, 2.24) is 10.2 Å². The Kier molecular flexibility index (Phi) is 6.72. The van der Waals surface area contributed by atoms with Crippen molar-refractivity contribution in [2.75, 3.05) is 13.6 Å². The Bertz CT molecular complexity index is 444. The number of hydrogen-bond donors (Lipinski definition) is 1. The van der Waals surface area contributed by atoms with Gasteiger partial charge in [0.05, 0.1) is 0 Å². The van der Waals surface area contributed by atoms with Gasteiger partial charge in [0.1, 0.15) is 5.82 Å².